The number of carbonyl (C=O) groups is 2. The van der Waals surface area contributed by atoms with Crippen molar-refractivity contribution >= 4 is 37.6 Å². The maximum Gasteiger partial charge on any atom is 0.417 e. The molecule has 12 heteroatoms. The first-order valence-electron chi connectivity index (χ1n) is 11.0. The van der Waals surface area contributed by atoms with Gasteiger partial charge in [0.25, 0.3) is 0 Å². The van der Waals surface area contributed by atoms with Gasteiger partial charge in [-0.1, -0.05) is 36.7 Å². The van der Waals surface area contributed by atoms with Crippen LogP contribution in [0.25, 0.3) is 0 Å². The normalized spacial score (nSPS) is 22.7. The highest BCUT2D eigenvalue weighted by Crippen LogP contribution is 2.38. The Labute approximate surface area is 206 Å². The predicted molar refractivity (Wildman–Crippen MR) is 123 cm³/mol. The van der Waals surface area contributed by atoms with Gasteiger partial charge >= 0.3 is 6.18 Å². The van der Waals surface area contributed by atoms with E-state index in [9.17, 15) is 31.2 Å². The second-order valence-corrected chi connectivity index (χ2v) is 12.5. The fourth-order valence-electron chi connectivity index (χ4n) is 4.63. The quantitative estimate of drug-likeness (QED) is 0.532. The number of hydrogen-bond acceptors (Lipinski definition) is 5. The van der Waals surface area contributed by atoms with E-state index in [0.717, 1.165) is 12.1 Å². The molecule has 0 aromatic heterocycles. The summed E-state index contributed by atoms with van der Waals surface area (Å²) in [4.78, 5) is 27.3. The van der Waals surface area contributed by atoms with Gasteiger partial charge in [0.2, 0.25) is 15.9 Å². The molecule has 0 radical (unpaired) electrons. The Hall–Kier alpha value is -1.50. The molecule has 1 aromatic carbocycles. The van der Waals surface area contributed by atoms with Crippen LogP contribution in [0.3, 0.4) is 0 Å². The predicted octanol–water partition coefficient (Wildman–Crippen LogP) is 3.33. The van der Waals surface area contributed by atoms with E-state index in [4.69, 9.17) is 0 Å². The number of hydrogen-bond donors (Lipinski definition) is 2. The Balaban J connectivity index is 1.72. The number of alkyl halides is 3. The SMILES string of the molecule is CC(C)(C)C(=O)[C@@]1(C(=O)N2CCC(NS(=O)(=O)c3ccc(Br)cc3C(F)(F)F)CC2)CCNC1. The third-order valence-electron chi connectivity index (χ3n) is 6.32. The molecule has 1 atom stereocenters. The van der Waals surface area contributed by atoms with E-state index in [0.29, 0.717) is 13.0 Å². The summed E-state index contributed by atoms with van der Waals surface area (Å²) in [6.07, 6.45) is -3.97. The number of Topliss-reactive ketones (excluding diaryl/α,β-unsaturated/α-hetero) is 1. The lowest BCUT2D eigenvalue weighted by Crippen LogP contribution is -2.56. The van der Waals surface area contributed by atoms with Crippen LogP contribution in [0, 0.1) is 10.8 Å². The topological polar surface area (TPSA) is 95.6 Å². The van der Waals surface area contributed by atoms with E-state index < -0.39 is 43.5 Å². The van der Waals surface area contributed by atoms with Gasteiger partial charge in [-0.25, -0.2) is 13.1 Å². The van der Waals surface area contributed by atoms with E-state index in [2.05, 4.69) is 26.0 Å². The summed E-state index contributed by atoms with van der Waals surface area (Å²) in [5, 5.41) is 3.11. The molecule has 7 nitrogen and oxygen atoms in total. The van der Waals surface area contributed by atoms with Crippen LogP contribution in [0.4, 0.5) is 13.2 Å². The number of amides is 1. The Bertz CT molecular complexity index is 1060. The molecular formula is C22H29BrF3N3O4S. The van der Waals surface area contributed by atoms with Crippen LogP contribution in [0.2, 0.25) is 0 Å². The number of halogens is 4. The molecule has 2 aliphatic rings. The molecule has 2 aliphatic heterocycles. The molecule has 0 spiro atoms. The average molecular weight is 568 g/mol. The number of nitrogens with one attached hydrogen (secondary N) is 2. The molecule has 0 unspecified atom stereocenters. The zero-order chi connectivity index (χ0) is 25.5. The molecule has 2 N–H and O–H groups in total. The van der Waals surface area contributed by atoms with Crippen molar-refractivity contribution in [3.05, 3.63) is 28.2 Å². The number of ketones is 1. The smallest absolute Gasteiger partial charge is 0.342 e. The maximum absolute atomic E-state index is 13.4. The molecule has 190 valence electrons. The monoisotopic (exact) mass is 567 g/mol. The molecule has 2 heterocycles. The number of carbonyl (C=O) groups excluding carboxylic acids is 2. The zero-order valence-corrected chi connectivity index (χ0v) is 21.7. The van der Waals surface area contributed by atoms with Crippen molar-refractivity contribution < 1.29 is 31.2 Å². The Morgan fingerprint density at radius 1 is 1.18 bits per heavy atom. The minimum Gasteiger partial charge on any atom is -0.342 e. The van der Waals surface area contributed by atoms with E-state index in [-0.39, 0.29) is 48.6 Å². The Morgan fingerprint density at radius 3 is 2.29 bits per heavy atom. The standard InChI is InChI=1S/C22H29BrF3N3O4S/c1-20(2,3)18(30)21(8-9-27-13-21)19(31)29-10-6-15(7-11-29)28-34(32,33)17-5-4-14(23)12-16(17)22(24,25)26/h4-5,12,15,27-28H,6-11,13H2,1-3H3/t21-/m1/s1. The van der Waals surface area contributed by atoms with E-state index in [1.54, 1.807) is 25.7 Å². The van der Waals surface area contributed by atoms with Crippen molar-refractivity contribution in [1.29, 1.82) is 0 Å². The van der Waals surface area contributed by atoms with Crippen molar-refractivity contribution in [1.82, 2.24) is 14.9 Å². The molecule has 1 amide bonds. The van der Waals surface area contributed by atoms with Gasteiger partial charge in [0.05, 0.1) is 10.5 Å². The van der Waals surface area contributed by atoms with Crippen LogP contribution in [0.5, 0.6) is 0 Å². The zero-order valence-electron chi connectivity index (χ0n) is 19.3. The van der Waals surface area contributed by atoms with Crippen molar-refractivity contribution in [2.24, 2.45) is 10.8 Å². The molecule has 2 fully saturated rings. The van der Waals surface area contributed by atoms with Gasteiger partial charge in [-0.2, -0.15) is 13.2 Å². The van der Waals surface area contributed by atoms with Crippen LogP contribution in [-0.4, -0.2) is 57.2 Å². The minimum absolute atomic E-state index is 0.116. The van der Waals surface area contributed by atoms with Gasteiger partial charge < -0.3 is 10.2 Å². The second-order valence-electron chi connectivity index (χ2n) is 9.91. The van der Waals surface area contributed by atoms with Crippen LogP contribution < -0.4 is 10.0 Å². The number of rotatable bonds is 5. The highest BCUT2D eigenvalue weighted by molar-refractivity contribution is 9.10. The highest BCUT2D eigenvalue weighted by Gasteiger charge is 2.53. The maximum atomic E-state index is 13.4. The van der Waals surface area contributed by atoms with Gasteiger partial charge in [0, 0.05) is 35.6 Å². The number of nitrogens with zero attached hydrogens (tertiary/aromatic N) is 1. The molecule has 34 heavy (non-hydrogen) atoms. The van der Waals surface area contributed by atoms with Gasteiger partial charge in [0.15, 0.2) is 5.78 Å². The first kappa shape index (κ1) is 27.1. The third kappa shape index (κ3) is 5.50. The molecule has 3 rings (SSSR count). The summed E-state index contributed by atoms with van der Waals surface area (Å²) >= 11 is 2.95. The van der Waals surface area contributed by atoms with E-state index in [1.807, 2.05) is 0 Å². The first-order valence-corrected chi connectivity index (χ1v) is 13.3. The lowest BCUT2D eigenvalue weighted by Gasteiger charge is -2.39. The summed E-state index contributed by atoms with van der Waals surface area (Å²) in [5.74, 6) is -0.404. The van der Waals surface area contributed by atoms with Crippen LogP contribution in [-0.2, 0) is 25.8 Å². The van der Waals surface area contributed by atoms with Crippen molar-refractivity contribution in [3.63, 3.8) is 0 Å². The molecule has 0 saturated carbocycles. The Morgan fingerprint density at radius 2 is 1.79 bits per heavy atom. The largest absolute Gasteiger partial charge is 0.417 e. The van der Waals surface area contributed by atoms with Crippen LogP contribution >= 0.6 is 15.9 Å². The lowest BCUT2D eigenvalue weighted by atomic mass is 9.70. The molecule has 1 aromatic rings. The molecule has 2 saturated heterocycles. The van der Waals surface area contributed by atoms with Gasteiger partial charge in [-0.3, -0.25) is 9.59 Å². The van der Waals surface area contributed by atoms with E-state index >= 15 is 0 Å². The van der Waals surface area contributed by atoms with Gasteiger partial charge in [0.1, 0.15) is 5.41 Å². The van der Waals surface area contributed by atoms with Crippen molar-refractivity contribution in [3.8, 4) is 0 Å². The summed E-state index contributed by atoms with van der Waals surface area (Å²) < 4.78 is 68.3. The molecule has 0 bridgehead atoms. The van der Waals surface area contributed by atoms with Gasteiger partial charge in [-0.15, -0.1) is 0 Å². The highest BCUT2D eigenvalue weighted by atomic mass is 79.9. The van der Waals surface area contributed by atoms with Gasteiger partial charge in [-0.05, 0) is 44.0 Å². The molecular weight excluding hydrogens is 539 g/mol. The number of piperidine rings is 1. The summed E-state index contributed by atoms with van der Waals surface area (Å²) in [6, 6.07) is 2.27. The van der Waals surface area contributed by atoms with E-state index in [1.165, 1.54) is 6.07 Å². The number of benzene rings is 1. The van der Waals surface area contributed by atoms with Crippen LogP contribution in [0.1, 0.15) is 45.6 Å². The fourth-order valence-corrected chi connectivity index (χ4v) is 6.50. The minimum atomic E-state index is -4.84. The Kier molecular flexibility index (Phi) is 7.58. The molecule has 0 aliphatic carbocycles. The summed E-state index contributed by atoms with van der Waals surface area (Å²) in [5.41, 5.74) is -3.10. The first-order chi connectivity index (χ1) is 15.6. The van der Waals surface area contributed by atoms with Crippen molar-refractivity contribution in [2.75, 3.05) is 26.2 Å². The lowest BCUT2D eigenvalue weighted by molar-refractivity contribution is -0.153. The summed E-state index contributed by atoms with van der Waals surface area (Å²) in [7, 11) is -4.45. The number of likely N-dealkylation sites (tertiary alicyclic amines) is 1. The van der Waals surface area contributed by atoms with Crippen LogP contribution in [0.15, 0.2) is 27.6 Å². The third-order valence-corrected chi connectivity index (χ3v) is 8.39. The summed E-state index contributed by atoms with van der Waals surface area (Å²) in [6.45, 7) is 6.56. The average Bonchev–Trinajstić information content (AvgIpc) is 3.22. The van der Waals surface area contributed by atoms with Crippen molar-refractivity contribution in [2.45, 2.75) is 57.1 Å². The fraction of sp³-hybridized carbons (Fsp3) is 0.636. The number of sulfonamides is 1. The second kappa shape index (κ2) is 9.51.